The van der Waals surface area contributed by atoms with Crippen LogP contribution in [0.15, 0.2) is 35.5 Å². The van der Waals surface area contributed by atoms with Crippen molar-refractivity contribution >= 4 is 40.5 Å². The van der Waals surface area contributed by atoms with Crippen LogP contribution in [-0.4, -0.2) is 28.8 Å². The minimum Gasteiger partial charge on any atom is -0.392 e. The van der Waals surface area contributed by atoms with Gasteiger partial charge in [-0.05, 0) is 48.6 Å². The highest BCUT2D eigenvalue weighted by molar-refractivity contribution is 8.01. The maximum Gasteiger partial charge on any atom is 0.0711 e. The number of fused-ring (bicyclic) bond motifs is 2. The van der Waals surface area contributed by atoms with Gasteiger partial charge in [-0.15, -0.1) is 11.8 Å². The van der Waals surface area contributed by atoms with Crippen molar-refractivity contribution in [3.05, 3.63) is 51.2 Å². The van der Waals surface area contributed by atoms with E-state index in [1.54, 1.807) is 7.11 Å². The van der Waals surface area contributed by atoms with Crippen LogP contribution < -0.4 is 5.48 Å². The van der Waals surface area contributed by atoms with Crippen molar-refractivity contribution in [2.45, 2.75) is 36.4 Å². The molecule has 0 amide bonds. The van der Waals surface area contributed by atoms with Gasteiger partial charge in [0.1, 0.15) is 0 Å². The van der Waals surface area contributed by atoms with Gasteiger partial charge in [0.2, 0.25) is 0 Å². The zero-order valence-corrected chi connectivity index (χ0v) is 15.3. The summed E-state index contributed by atoms with van der Waals surface area (Å²) in [5.74, 6) is 0. The normalized spacial score (nSPS) is 27.5. The number of hydrogen-bond donors (Lipinski definition) is 2. The molecule has 0 aromatic heterocycles. The second-order valence-corrected chi connectivity index (χ2v) is 7.98. The highest BCUT2D eigenvalue weighted by Crippen LogP contribution is 2.51. The van der Waals surface area contributed by atoms with Gasteiger partial charge in [-0.1, -0.05) is 35.3 Å². The van der Waals surface area contributed by atoms with Gasteiger partial charge < -0.3 is 5.11 Å². The molecule has 0 aliphatic carbocycles. The Hall–Kier alpha value is -0.650. The van der Waals surface area contributed by atoms with Crippen molar-refractivity contribution in [1.29, 1.82) is 0 Å². The quantitative estimate of drug-likeness (QED) is 0.767. The number of aliphatic hydroxyl groups is 1. The first-order chi connectivity index (χ1) is 11.0. The second kappa shape index (κ2) is 7.08. The molecule has 3 nitrogen and oxygen atoms in total. The van der Waals surface area contributed by atoms with Gasteiger partial charge >= 0.3 is 0 Å². The van der Waals surface area contributed by atoms with Crippen LogP contribution in [-0.2, 0) is 4.84 Å². The molecule has 23 heavy (non-hydrogen) atoms. The van der Waals surface area contributed by atoms with E-state index in [-0.39, 0.29) is 11.4 Å². The monoisotopic (exact) mass is 371 g/mol. The lowest BCUT2D eigenvalue weighted by molar-refractivity contribution is 0.118. The van der Waals surface area contributed by atoms with E-state index in [0.717, 1.165) is 29.7 Å². The molecule has 1 saturated heterocycles. The van der Waals surface area contributed by atoms with Crippen LogP contribution in [0.25, 0.3) is 5.57 Å². The molecule has 2 heterocycles. The van der Waals surface area contributed by atoms with Crippen molar-refractivity contribution in [3.63, 3.8) is 0 Å². The molecule has 0 saturated carbocycles. The van der Waals surface area contributed by atoms with Crippen molar-refractivity contribution in [3.8, 4) is 0 Å². The van der Waals surface area contributed by atoms with Crippen molar-refractivity contribution in [2.24, 2.45) is 0 Å². The summed E-state index contributed by atoms with van der Waals surface area (Å²) >= 11 is 14.1. The Labute approximate surface area is 150 Å². The summed E-state index contributed by atoms with van der Waals surface area (Å²) in [6.45, 7) is 1.96. The van der Waals surface area contributed by atoms with Crippen molar-refractivity contribution in [2.75, 3.05) is 7.11 Å². The largest absolute Gasteiger partial charge is 0.392 e. The van der Waals surface area contributed by atoms with E-state index in [0.29, 0.717) is 15.3 Å². The highest BCUT2D eigenvalue weighted by atomic mass is 35.5. The molecule has 6 heteroatoms. The third-order valence-corrected chi connectivity index (χ3v) is 6.62. The van der Waals surface area contributed by atoms with E-state index >= 15 is 0 Å². The third-order valence-electron chi connectivity index (χ3n) is 4.29. The molecule has 2 bridgehead atoms. The second-order valence-electron chi connectivity index (χ2n) is 5.72. The van der Waals surface area contributed by atoms with Crippen LogP contribution in [0, 0.1) is 0 Å². The zero-order valence-electron chi connectivity index (χ0n) is 13.0. The standard InChI is InChI=1S/C17H19Cl2NO2S/c1-3-14(20-22-2)16-11(7-10-8-15(21)17(16)23-10)9-4-5-12(18)13(19)6-9/h3-6,10,15,17,20-21H,7-8H2,1-2H3/t10?,15?,17-/m0/s1. The fourth-order valence-electron chi connectivity index (χ4n) is 3.30. The number of rotatable bonds is 4. The van der Waals surface area contributed by atoms with E-state index in [4.69, 9.17) is 28.0 Å². The summed E-state index contributed by atoms with van der Waals surface area (Å²) in [6, 6.07) is 5.72. The first-order valence-electron chi connectivity index (χ1n) is 7.52. The topological polar surface area (TPSA) is 41.5 Å². The van der Waals surface area contributed by atoms with Gasteiger partial charge in [0.05, 0.1) is 34.2 Å². The van der Waals surface area contributed by atoms with E-state index in [9.17, 15) is 5.11 Å². The van der Waals surface area contributed by atoms with Crippen LogP contribution in [0.4, 0.5) is 0 Å². The molecule has 2 unspecified atom stereocenters. The molecule has 1 fully saturated rings. The van der Waals surface area contributed by atoms with E-state index in [2.05, 4.69) is 5.48 Å². The summed E-state index contributed by atoms with van der Waals surface area (Å²) in [6.07, 6.45) is 3.35. The number of benzene rings is 1. The summed E-state index contributed by atoms with van der Waals surface area (Å²) < 4.78 is 0. The Bertz CT molecular complexity index is 675. The number of nitrogens with one attached hydrogen (secondary N) is 1. The lowest BCUT2D eigenvalue weighted by Crippen LogP contribution is -2.27. The van der Waals surface area contributed by atoms with Gasteiger partial charge in [0.25, 0.3) is 0 Å². The smallest absolute Gasteiger partial charge is 0.0711 e. The van der Waals surface area contributed by atoms with Crippen LogP contribution in [0.3, 0.4) is 0 Å². The average molecular weight is 372 g/mol. The van der Waals surface area contributed by atoms with E-state index in [1.165, 1.54) is 5.57 Å². The minimum absolute atomic E-state index is 0.0482. The third kappa shape index (κ3) is 3.28. The predicted octanol–water partition coefficient (Wildman–Crippen LogP) is 4.44. The summed E-state index contributed by atoms with van der Waals surface area (Å²) in [7, 11) is 1.59. The van der Waals surface area contributed by atoms with Gasteiger partial charge in [-0.25, -0.2) is 0 Å². The highest BCUT2D eigenvalue weighted by Gasteiger charge is 2.42. The van der Waals surface area contributed by atoms with Gasteiger partial charge in [0, 0.05) is 5.25 Å². The van der Waals surface area contributed by atoms with E-state index in [1.807, 2.05) is 43.0 Å². The van der Waals surface area contributed by atoms with Crippen molar-refractivity contribution < 1.29 is 9.94 Å². The first kappa shape index (κ1) is 17.2. The number of hydrogen-bond acceptors (Lipinski definition) is 4. The Morgan fingerprint density at radius 2 is 2.17 bits per heavy atom. The summed E-state index contributed by atoms with van der Waals surface area (Å²) in [5.41, 5.74) is 7.19. The lowest BCUT2D eigenvalue weighted by atomic mass is 9.93. The Morgan fingerprint density at radius 1 is 1.39 bits per heavy atom. The van der Waals surface area contributed by atoms with Crippen LogP contribution in [0.5, 0.6) is 0 Å². The average Bonchev–Trinajstić information content (AvgIpc) is 2.83. The maximum absolute atomic E-state index is 10.4. The van der Waals surface area contributed by atoms with Crippen molar-refractivity contribution in [1.82, 2.24) is 5.48 Å². The SMILES string of the molecule is CC=C(NOC)C1=C(c2ccc(Cl)c(Cl)c2)CC2CC(O)[C@@H]1S2. The molecule has 3 atom stereocenters. The number of allylic oxidation sites excluding steroid dienone is 3. The molecular weight excluding hydrogens is 353 g/mol. The van der Waals surface area contributed by atoms with Crippen LogP contribution in [0.2, 0.25) is 10.0 Å². The molecule has 2 aliphatic rings. The molecule has 1 aromatic rings. The molecule has 3 rings (SSSR count). The molecule has 124 valence electrons. The van der Waals surface area contributed by atoms with Gasteiger partial charge in [0.15, 0.2) is 0 Å². The molecule has 0 radical (unpaired) electrons. The maximum atomic E-state index is 10.4. The van der Waals surface area contributed by atoms with Gasteiger partial charge in [-0.2, -0.15) is 0 Å². The van der Waals surface area contributed by atoms with Gasteiger partial charge in [-0.3, -0.25) is 10.3 Å². The summed E-state index contributed by atoms with van der Waals surface area (Å²) in [5, 5.41) is 12.0. The zero-order chi connectivity index (χ0) is 16.6. The van der Waals surface area contributed by atoms with Crippen LogP contribution in [0.1, 0.15) is 25.3 Å². The Kier molecular flexibility index (Phi) is 5.29. The first-order valence-corrected chi connectivity index (χ1v) is 9.22. The molecule has 2 N–H and O–H groups in total. The molecule has 0 spiro atoms. The Morgan fingerprint density at radius 3 is 2.83 bits per heavy atom. The fourth-order valence-corrected chi connectivity index (χ4v) is 5.28. The molecule has 1 aromatic carbocycles. The number of hydroxylamine groups is 1. The lowest BCUT2D eigenvalue weighted by Gasteiger charge is -2.29. The number of halogens is 2. The predicted molar refractivity (Wildman–Crippen MR) is 97.7 cm³/mol. The Balaban J connectivity index is 2.14. The molecular formula is C17H19Cl2NO2S. The molecule has 2 aliphatic heterocycles. The number of thioether (sulfide) groups is 1. The van der Waals surface area contributed by atoms with Crippen LogP contribution >= 0.6 is 35.0 Å². The van der Waals surface area contributed by atoms with E-state index < -0.39 is 0 Å². The summed E-state index contributed by atoms with van der Waals surface area (Å²) in [4.78, 5) is 5.13. The fraction of sp³-hybridized carbons (Fsp3) is 0.412. The minimum atomic E-state index is -0.339. The number of aliphatic hydroxyl groups excluding tert-OH is 1.